The molecule has 4 heteroatoms. The summed E-state index contributed by atoms with van der Waals surface area (Å²) in [6.07, 6.45) is 4.93. The maximum atomic E-state index is 11.4. The third-order valence-electron chi connectivity index (χ3n) is 2.61. The van der Waals surface area contributed by atoms with Crippen molar-refractivity contribution >= 4 is 12.0 Å². The molecular formula is C17H24O4. The van der Waals surface area contributed by atoms with Gasteiger partial charge in [0.25, 0.3) is 0 Å². The van der Waals surface area contributed by atoms with Gasteiger partial charge >= 0.3 is 5.97 Å². The molecule has 0 unspecified atom stereocenters. The van der Waals surface area contributed by atoms with Crippen molar-refractivity contribution in [3.8, 4) is 11.5 Å². The molecule has 0 aromatic heterocycles. The summed E-state index contributed by atoms with van der Waals surface area (Å²) in [5.41, 5.74) is 0.810. The molecule has 21 heavy (non-hydrogen) atoms. The van der Waals surface area contributed by atoms with E-state index in [1.54, 1.807) is 13.0 Å². The summed E-state index contributed by atoms with van der Waals surface area (Å²) in [5, 5.41) is 0. The highest BCUT2D eigenvalue weighted by atomic mass is 16.5. The maximum absolute atomic E-state index is 11.4. The first kappa shape index (κ1) is 17.1. The highest BCUT2D eigenvalue weighted by Crippen LogP contribution is 2.32. The third-order valence-corrected chi connectivity index (χ3v) is 2.61. The molecule has 116 valence electrons. The van der Waals surface area contributed by atoms with E-state index in [-0.39, 0.29) is 5.97 Å². The number of carbonyl (C=O) groups is 1. The molecule has 0 aliphatic heterocycles. The third kappa shape index (κ3) is 5.90. The maximum Gasteiger partial charge on any atom is 0.330 e. The minimum Gasteiger partial charge on any atom is -0.490 e. The van der Waals surface area contributed by atoms with E-state index in [9.17, 15) is 4.79 Å². The van der Waals surface area contributed by atoms with Crippen molar-refractivity contribution in [3.05, 3.63) is 29.8 Å². The Bertz CT molecular complexity index is 466. The van der Waals surface area contributed by atoms with E-state index in [1.807, 2.05) is 25.1 Å². The fraction of sp³-hybridized carbons (Fsp3) is 0.471. The van der Waals surface area contributed by atoms with Crippen molar-refractivity contribution in [2.24, 2.45) is 0 Å². The molecule has 0 fully saturated rings. The van der Waals surface area contributed by atoms with Crippen molar-refractivity contribution in [1.82, 2.24) is 0 Å². The molecule has 4 nitrogen and oxygen atoms in total. The minimum atomic E-state index is -0.362. The number of hydrogen-bond donors (Lipinski definition) is 0. The summed E-state index contributed by atoms with van der Waals surface area (Å²) in [4.78, 5) is 11.4. The van der Waals surface area contributed by atoms with Gasteiger partial charge in [0.1, 0.15) is 0 Å². The average Bonchev–Trinajstić information content (AvgIpc) is 2.49. The van der Waals surface area contributed by atoms with E-state index < -0.39 is 0 Å². The molecule has 0 amide bonds. The Morgan fingerprint density at radius 3 is 2.48 bits per heavy atom. The summed E-state index contributed by atoms with van der Waals surface area (Å²) in [6, 6.07) is 5.65. The molecule has 0 aliphatic rings. The van der Waals surface area contributed by atoms with E-state index in [0.29, 0.717) is 31.3 Å². The highest BCUT2D eigenvalue weighted by molar-refractivity contribution is 5.87. The average molecular weight is 292 g/mol. The van der Waals surface area contributed by atoms with Crippen LogP contribution in [0.15, 0.2) is 24.3 Å². The van der Waals surface area contributed by atoms with E-state index >= 15 is 0 Å². The predicted octanol–water partition coefficient (Wildman–Crippen LogP) is 3.84. The van der Waals surface area contributed by atoms with Crippen LogP contribution in [0, 0.1) is 0 Å². The first-order chi connectivity index (χ1) is 10.2. The smallest absolute Gasteiger partial charge is 0.330 e. The van der Waals surface area contributed by atoms with Crippen LogP contribution in [-0.2, 0) is 9.53 Å². The van der Waals surface area contributed by atoms with Gasteiger partial charge in [-0.2, -0.15) is 0 Å². The quantitative estimate of drug-likeness (QED) is 0.512. The minimum absolute atomic E-state index is 0.362. The van der Waals surface area contributed by atoms with Gasteiger partial charge in [0, 0.05) is 11.6 Å². The molecule has 0 atom stereocenters. The molecule has 1 rings (SSSR count). The lowest BCUT2D eigenvalue weighted by Crippen LogP contribution is -2.03. The largest absolute Gasteiger partial charge is 0.490 e. The number of rotatable bonds is 9. The van der Waals surface area contributed by atoms with Gasteiger partial charge in [-0.1, -0.05) is 26.0 Å². The van der Waals surface area contributed by atoms with Crippen molar-refractivity contribution < 1.29 is 19.0 Å². The van der Waals surface area contributed by atoms with Gasteiger partial charge < -0.3 is 14.2 Å². The van der Waals surface area contributed by atoms with Crippen LogP contribution in [0.25, 0.3) is 6.08 Å². The van der Waals surface area contributed by atoms with Crippen LogP contribution >= 0.6 is 0 Å². The standard InChI is InChI=1S/C17H24O4/c1-4-12-20-15-9-7-8-14(17(15)21-13-5-2)10-11-16(18)19-6-3/h7-11H,4-6,12-13H2,1-3H3. The van der Waals surface area contributed by atoms with Crippen LogP contribution in [0.4, 0.5) is 0 Å². The monoisotopic (exact) mass is 292 g/mol. The second-order valence-corrected chi connectivity index (χ2v) is 4.46. The number of ether oxygens (including phenoxy) is 3. The SMILES string of the molecule is CCCOc1cccc(C=CC(=O)OCC)c1OCCC. The Morgan fingerprint density at radius 2 is 1.81 bits per heavy atom. The zero-order valence-corrected chi connectivity index (χ0v) is 13.1. The van der Waals surface area contributed by atoms with E-state index in [2.05, 4.69) is 6.92 Å². The summed E-state index contributed by atoms with van der Waals surface area (Å²) in [6.45, 7) is 7.48. The van der Waals surface area contributed by atoms with Gasteiger partial charge in [-0.25, -0.2) is 4.79 Å². The molecule has 0 saturated carbocycles. The van der Waals surface area contributed by atoms with Crippen LogP contribution in [0.5, 0.6) is 11.5 Å². The first-order valence-corrected chi connectivity index (χ1v) is 7.46. The summed E-state index contributed by atoms with van der Waals surface area (Å²) in [5.74, 6) is 1.02. The van der Waals surface area contributed by atoms with E-state index in [0.717, 1.165) is 18.4 Å². The number of benzene rings is 1. The van der Waals surface area contributed by atoms with Crippen molar-refractivity contribution in [1.29, 1.82) is 0 Å². The Balaban J connectivity index is 2.96. The van der Waals surface area contributed by atoms with Crippen LogP contribution in [0.2, 0.25) is 0 Å². The van der Waals surface area contributed by atoms with Gasteiger partial charge in [-0.3, -0.25) is 0 Å². The molecule has 0 saturated heterocycles. The second kappa shape index (κ2) is 9.86. The molecular weight excluding hydrogens is 268 g/mol. The summed E-state index contributed by atoms with van der Waals surface area (Å²) in [7, 11) is 0. The van der Waals surface area contributed by atoms with Crippen LogP contribution in [0.3, 0.4) is 0 Å². The molecule has 0 N–H and O–H groups in total. The van der Waals surface area contributed by atoms with Crippen molar-refractivity contribution in [3.63, 3.8) is 0 Å². The topological polar surface area (TPSA) is 44.8 Å². The Kier molecular flexibility index (Phi) is 8.02. The summed E-state index contributed by atoms with van der Waals surface area (Å²) >= 11 is 0. The van der Waals surface area contributed by atoms with Crippen molar-refractivity contribution in [2.45, 2.75) is 33.6 Å². The van der Waals surface area contributed by atoms with E-state index in [1.165, 1.54) is 6.08 Å². The van der Waals surface area contributed by atoms with Crippen LogP contribution < -0.4 is 9.47 Å². The van der Waals surface area contributed by atoms with Gasteiger partial charge in [0.2, 0.25) is 0 Å². The van der Waals surface area contributed by atoms with Gasteiger partial charge in [-0.05, 0) is 31.9 Å². The Morgan fingerprint density at radius 1 is 1.10 bits per heavy atom. The lowest BCUT2D eigenvalue weighted by atomic mass is 10.1. The number of carbonyl (C=O) groups excluding carboxylic acids is 1. The van der Waals surface area contributed by atoms with Gasteiger partial charge in [-0.15, -0.1) is 0 Å². The molecule has 0 spiro atoms. The zero-order valence-electron chi connectivity index (χ0n) is 13.1. The van der Waals surface area contributed by atoms with Gasteiger partial charge in [0.15, 0.2) is 11.5 Å². The summed E-state index contributed by atoms with van der Waals surface area (Å²) < 4.78 is 16.4. The Hall–Kier alpha value is -1.97. The van der Waals surface area contributed by atoms with Gasteiger partial charge in [0.05, 0.1) is 19.8 Å². The fourth-order valence-corrected chi connectivity index (χ4v) is 1.70. The number of esters is 1. The molecule has 0 radical (unpaired) electrons. The molecule has 0 bridgehead atoms. The van der Waals surface area contributed by atoms with Crippen LogP contribution in [0.1, 0.15) is 39.2 Å². The molecule has 0 heterocycles. The molecule has 1 aromatic rings. The van der Waals surface area contributed by atoms with Crippen molar-refractivity contribution in [2.75, 3.05) is 19.8 Å². The first-order valence-electron chi connectivity index (χ1n) is 7.46. The molecule has 0 aliphatic carbocycles. The second-order valence-electron chi connectivity index (χ2n) is 4.46. The number of hydrogen-bond acceptors (Lipinski definition) is 4. The lowest BCUT2D eigenvalue weighted by Gasteiger charge is -2.14. The number of para-hydroxylation sites is 1. The van der Waals surface area contributed by atoms with Crippen LogP contribution in [-0.4, -0.2) is 25.8 Å². The highest BCUT2D eigenvalue weighted by Gasteiger charge is 2.09. The normalized spacial score (nSPS) is 10.6. The predicted molar refractivity (Wildman–Crippen MR) is 83.7 cm³/mol. The zero-order chi connectivity index (χ0) is 15.5. The Labute approximate surface area is 126 Å². The fourth-order valence-electron chi connectivity index (χ4n) is 1.70. The lowest BCUT2D eigenvalue weighted by molar-refractivity contribution is -0.137. The van der Waals surface area contributed by atoms with E-state index in [4.69, 9.17) is 14.2 Å². The molecule has 1 aromatic carbocycles.